The molecule has 5 nitrogen and oxygen atoms in total. The summed E-state index contributed by atoms with van der Waals surface area (Å²) >= 11 is 0. The Kier molecular flexibility index (Phi) is 3.65. The molecule has 1 unspecified atom stereocenters. The van der Waals surface area contributed by atoms with Gasteiger partial charge in [0.2, 0.25) is 5.91 Å². The van der Waals surface area contributed by atoms with Gasteiger partial charge in [0, 0.05) is 6.07 Å². The normalized spacial score (nSPS) is 22.7. The second kappa shape index (κ2) is 5.11. The molecule has 1 fully saturated rings. The Morgan fingerprint density at radius 2 is 2.15 bits per heavy atom. The monoisotopic (exact) mass is 280 g/mol. The molecular formula is C14H17FN2O3. The van der Waals surface area contributed by atoms with Gasteiger partial charge < -0.3 is 10.1 Å². The van der Waals surface area contributed by atoms with Crippen LogP contribution in [0, 0.1) is 5.82 Å². The number of amides is 2. The van der Waals surface area contributed by atoms with Crippen molar-refractivity contribution >= 4 is 17.5 Å². The average Bonchev–Trinajstić information content (AvgIpc) is 2.43. The van der Waals surface area contributed by atoms with E-state index in [1.54, 1.807) is 6.92 Å². The summed E-state index contributed by atoms with van der Waals surface area (Å²) in [7, 11) is 1.39. The summed E-state index contributed by atoms with van der Waals surface area (Å²) in [6.07, 6.45) is 0.470. The van der Waals surface area contributed by atoms with Gasteiger partial charge in [0.05, 0.1) is 12.8 Å². The van der Waals surface area contributed by atoms with Crippen molar-refractivity contribution in [3.8, 4) is 5.75 Å². The first-order valence-corrected chi connectivity index (χ1v) is 6.38. The largest absolute Gasteiger partial charge is 0.494 e. The van der Waals surface area contributed by atoms with Gasteiger partial charge in [-0.1, -0.05) is 6.92 Å². The number of carbonyl (C=O) groups is 2. The molecule has 2 amide bonds. The van der Waals surface area contributed by atoms with Crippen LogP contribution >= 0.6 is 0 Å². The van der Waals surface area contributed by atoms with Gasteiger partial charge in [-0.2, -0.15) is 0 Å². The van der Waals surface area contributed by atoms with Gasteiger partial charge in [-0.3, -0.25) is 14.5 Å². The molecule has 1 aliphatic heterocycles. The standard InChI is InChI=1S/C14H17FN2O3/c1-4-14(2)13(19)17(8-12(18)16-14)10-6-5-9(15)7-11(10)20-3/h5-7H,4,8H2,1-3H3,(H,16,18). The third-order valence-corrected chi connectivity index (χ3v) is 3.57. The summed E-state index contributed by atoms with van der Waals surface area (Å²) in [5.74, 6) is -0.714. The number of hydrogen-bond donors (Lipinski definition) is 1. The van der Waals surface area contributed by atoms with Crippen LogP contribution in [0.5, 0.6) is 5.75 Å². The maximum absolute atomic E-state index is 13.2. The number of anilines is 1. The Hall–Kier alpha value is -2.11. The first-order valence-electron chi connectivity index (χ1n) is 6.38. The summed E-state index contributed by atoms with van der Waals surface area (Å²) in [6, 6.07) is 3.88. The molecule has 1 aromatic rings. The van der Waals surface area contributed by atoms with Crippen molar-refractivity contribution in [2.45, 2.75) is 25.8 Å². The van der Waals surface area contributed by atoms with Crippen molar-refractivity contribution < 1.29 is 18.7 Å². The Labute approximate surface area is 116 Å². The van der Waals surface area contributed by atoms with Crippen LogP contribution in [0.25, 0.3) is 0 Å². The van der Waals surface area contributed by atoms with E-state index in [4.69, 9.17) is 4.74 Å². The zero-order valence-electron chi connectivity index (χ0n) is 11.7. The number of rotatable bonds is 3. The van der Waals surface area contributed by atoms with Crippen LogP contribution in [0.15, 0.2) is 18.2 Å². The van der Waals surface area contributed by atoms with E-state index >= 15 is 0 Å². The molecule has 20 heavy (non-hydrogen) atoms. The van der Waals surface area contributed by atoms with Crippen LogP contribution < -0.4 is 15.0 Å². The number of nitrogens with one attached hydrogen (secondary N) is 1. The molecule has 1 aromatic carbocycles. The molecule has 6 heteroatoms. The average molecular weight is 280 g/mol. The lowest BCUT2D eigenvalue weighted by Gasteiger charge is -2.39. The van der Waals surface area contributed by atoms with Crippen molar-refractivity contribution in [3.63, 3.8) is 0 Å². The molecule has 1 aliphatic rings. The predicted octanol–water partition coefficient (Wildman–Crippen LogP) is 1.47. The van der Waals surface area contributed by atoms with Crippen LogP contribution in [-0.2, 0) is 9.59 Å². The molecular weight excluding hydrogens is 263 g/mol. The minimum atomic E-state index is -0.950. The number of piperazine rings is 1. The van der Waals surface area contributed by atoms with Gasteiger partial charge in [0.25, 0.3) is 5.91 Å². The molecule has 1 atom stereocenters. The smallest absolute Gasteiger partial charge is 0.253 e. The van der Waals surface area contributed by atoms with Crippen molar-refractivity contribution in [2.75, 3.05) is 18.6 Å². The zero-order chi connectivity index (χ0) is 14.9. The molecule has 0 radical (unpaired) electrons. The number of halogens is 1. The molecule has 2 rings (SSSR count). The fourth-order valence-electron chi connectivity index (χ4n) is 2.22. The third-order valence-electron chi connectivity index (χ3n) is 3.57. The molecule has 1 heterocycles. The molecule has 0 aromatic heterocycles. The minimum Gasteiger partial charge on any atom is -0.494 e. The first-order chi connectivity index (χ1) is 9.41. The number of methoxy groups -OCH3 is 1. The summed E-state index contributed by atoms with van der Waals surface area (Å²) in [5, 5.41) is 2.70. The number of carbonyl (C=O) groups excluding carboxylic acids is 2. The summed E-state index contributed by atoms with van der Waals surface area (Å²) in [6.45, 7) is 3.40. The maximum Gasteiger partial charge on any atom is 0.253 e. The lowest BCUT2D eigenvalue weighted by atomic mass is 9.94. The van der Waals surface area contributed by atoms with E-state index in [0.717, 1.165) is 0 Å². The van der Waals surface area contributed by atoms with E-state index < -0.39 is 11.4 Å². The highest BCUT2D eigenvalue weighted by Gasteiger charge is 2.42. The van der Waals surface area contributed by atoms with Gasteiger partial charge >= 0.3 is 0 Å². The molecule has 0 spiro atoms. The van der Waals surface area contributed by atoms with E-state index in [9.17, 15) is 14.0 Å². The van der Waals surface area contributed by atoms with Crippen molar-refractivity contribution in [3.05, 3.63) is 24.0 Å². The van der Waals surface area contributed by atoms with E-state index in [1.807, 2.05) is 6.92 Å². The molecule has 108 valence electrons. The highest BCUT2D eigenvalue weighted by Crippen LogP contribution is 2.32. The van der Waals surface area contributed by atoms with E-state index in [-0.39, 0.29) is 24.1 Å². The quantitative estimate of drug-likeness (QED) is 0.912. The maximum atomic E-state index is 13.2. The predicted molar refractivity (Wildman–Crippen MR) is 72.1 cm³/mol. The number of ether oxygens (including phenoxy) is 1. The number of hydrogen-bond acceptors (Lipinski definition) is 3. The number of nitrogens with zero attached hydrogens (tertiary/aromatic N) is 1. The van der Waals surface area contributed by atoms with Crippen LogP contribution in [0.4, 0.5) is 10.1 Å². The van der Waals surface area contributed by atoms with Gasteiger partial charge in [0.1, 0.15) is 23.7 Å². The fraction of sp³-hybridized carbons (Fsp3) is 0.429. The number of benzene rings is 1. The molecule has 0 aliphatic carbocycles. The first kappa shape index (κ1) is 14.3. The molecule has 0 bridgehead atoms. The SMILES string of the molecule is CCC1(C)NC(=O)CN(c2ccc(F)cc2OC)C1=O. The highest BCUT2D eigenvalue weighted by atomic mass is 19.1. The van der Waals surface area contributed by atoms with E-state index in [2.05, 4.69) is 5.32 Å². The Balaban J connectivity index is 2.46. The van der Waals surface area contributed by atoms with Crippen LogP contribution in [0.2, 0.25) is 0 Å². The topological polar surface area (TPSA) is 58.6 Å². The third kappa shape index (κ3) is 2.33. The van der Waals surface area contributed by atoms with Crippen LogP contribution in [0.1, 0.15) is 20.3 Å². The van der Waals surface area contributed by atoms with Gasteiger partial charge in [0.15, 0.2) is 0 Å². The fourth-order valence-corrected chi connectivity index (χ4v) is 2.22. The van der Waals surface area contributed by atoms with Gasteiger partial charge in [-0.15, -0.1) is 0 Å². The minimum absolute atomic E-state index is 0.101. The summed E-state index contributed by atoms with van der Waals surface area (Å²) < 4.78 is 18.3. The summed E-state index contributed by atoms with van der Waals surface area (Å²) in [4.78, 5) is 25.7. The second-order valence-electron chi connectivity index (χ2n) is 4.94. The van der Waals surface area contributed by atoms with Crippen molar-refractivity contribution in [1.82, 2.24) is 5.32 Å². The Morgan fingerprint density at radius 3 is 2.75 bits per heavy atom. The molecule has 1 saturated heterocycles. The Bertz CT molecular complexity index is 561. The Morgan fingerprint density at radius 1 is 1.45 bits per heavy atom. The van der Waals surface area contributed by atoms with E-state index in [1.165, 1.54) is 30.2 Å². The van der Waals surface area contributed by atoms with Crippen molar-refractivity contribution in [2.24, 2.45) is 0 Å². The lowest BCUT2D eigenvalue weighted by molar-refractivity contribution is -0.135. The zero-order valence-corrected chi connectivity index (χ0v) is 11.7. The van der Waals surface area contributed by atoms with Crippen LogP contribution in [-0.4, -0.2) is 31.0 Å². The summed E-state index contributed by atoms with van der Waals surface area (Å²) in [5.41, 5.74) is -0.553. The molecule has 0 saturated carbocycles. The lowest BCUT2D eigenvalue weighted by Crippen LogP contribution is -2.65. The highest BCUT2D eigenvalue weighted by molar-refractivity contribution is 6.09. The van der Waals surface area contributed by atoms with E-state index in [0.29, 0.717) is 12.1 Å². The van der Waals surface area contributed by atoms with Crippen LogP contribution in [0.3, 0.4) is 0 Å². The van der Waals surface area contributed by atoms with Gasteiger partial charge in [-0.05, 0) is 25.5 Å². The van der Waals surface area contributed by atoms with Crippen molar-refractivity contribution in [1.29, 1.82) is 0 Å². The van der Waals surface area contributed by atoms with Gasteiger partial charge in [-0.25, -0.2) is 4.39 Å². The second-order valence-corrected chi connectivity index (χ2v) is 4.94. The molecule has 1 N–H and O–H groups in total.